The van der Waals surface area contributed by atoms with Gasteiger partial charge in [0.1, 0.15) is 10.3 Å². The fourth-order valence-corrected chi connectivity index (χ4v) is 6.80. The van der Waals surface area contributed by atoms with Crippen LogP contribution in [0.3, 0.4) is 0 Å². The summed E-state index contributed by atoms with van der Waals surface area (Å²) < 4.78 is 30.1. The zero-order chi connectivity index (χ0) is 23.2. The summed E-state index contributed by atoms with van der Waals surface area (Å²) in [6.07, 6.45) is 3.59. The predicted octanol–water partition coefficient (Wildman–Crippen LogP) is 3.83. The fraction of sp³-hybridized carbons (Fsp3) is 0.261. The van der Waals surface area contributed by atoms with Crippen molar-refractivity contribution in [1.29, 1.82) is 0 Å². The molecule has 1 amide bonds. The second-order valence-electron chi connectivity index (χ2n) is 8.28. The van der Waals surface area contributed by atoms with Gasteiger partial charge in [0.2, 0.25) is 5.91 Å². The SMILES string of the molecule is CC(C)n1ncc2cc(NC(=O)[C@@H]3Cc4ccccc4CN3S(=O)(=O)c3cccs3)cnc21. The molecule has 0 radical (unpaired) electrons. The molecule has 1 atom stereocenters. The summed E-state index contributed by atoms with van der Waals surface area (Å²) in [5.41, 5.74) is 3.12. The van der Waals surface area contributed by atoms with Crippen LogP contribution in [0.4, 0.5) is 5.69 Å². The van der Waals surface area contributed by atoms with Crippen molar-refractivity contribution in [1.82, 2.24) is 19.1 Å². The van der Waals surface area contributed by atoms with Gasteiger partial charge in [-0.1, -0.05) is 30.3 Å². The maximum atomic E-state index is 13.4. The Hall–Kier alpha value is -3.08. The van der Waals surface area contributed by atoms with Crippen LogP contribution in [0.5, 0.6) is 0 Å². The summed E-state index contributed by atoms with van der Waals surface area (Å²) in [6.45, 7) is 4.19. The first-order valence-corrected chi connectivity index (χ1v) is 12.9. The van der Waals surface area contributed by atoms with E-state index in [1.165, 1.54) is 4.31 Å². The number of rotatable bonds is 5. The first kappa shape index (κ1) is 21.7. The Bertz CT molecular complexity index is 1430. The lowest BCUT2D eigenvalue weighted by Crippen LogP contribution is -2.50. The molecule has 1 aliphatic heterocycles. The highest BCUT2D eigenvalue weighted by Crippen LogP contribution is 2.31. The lowest BCUT2D eigenvalue weighted by Gasteiger charge is -2.34. The van der Waals surface area contributed by atoms with Crippen LogP contribution in [0.25, 0.3) is 11.0 Å². The summed E-state index contributed by atoms with van der Waals surface area (Å²) in [6, 6.07) is 12.0. The van der Waals surface area contributed by atoms with Crippen LogP contribution in [-0.2, 0) is 27.8 Å². The largest absolute Gasteiger partial charge is 0.323 e. The van der Waals surface area contributed by atoms with Gasteiger partial charge < -0.3 is 5.32 Å². The molecule has 170 valence electrons. The summed E-state index contributed by atoms with van der Waals surface area (Å²) in [4.78, 5) is 17.9. The van der Waals surface area contributed by atoms with Crippen molar-refractivity contribution in [2.24, 2.45) is 0 Å². The molecular formula is C23H23N5O3S2. The third-order valence-corrected chi connectivity index (χ3v) is 8.98. The number of benzene rings is 1. The molecule has 0 saturated carbocycles. The van der Waals surface area contributed by atoms with Gasteiger partial charge in [-0.25, -0.2) is 18.1 Å². The average Bonchev–Trinajstić information content (AvgIpc) is 3.48. The molecule has 0 unspecified atom stereocenters. The molecule has 0 bridgehead atoms. The van der Waals surface area contributed by atoms with Crippen LogP contribution in [0.1, 0.15) is 31.0 Å². The normalized spacial score (nSPS) is 16.8. The van der Waals surface area contributed by atoms with Crippen LogP contribution in [0, 0.1) is 0 Å². The number of pyridine rings is 1. The van der Waals surface area contributed by atoms with Gasteiger partial charge in [0.25, 0.3) is 10.0 Å². The zero-order valence-corrected chi connectivity index (χ0v) is 19.8. The maximum Gasteiger partial charge on any atom is 0.253 e. The minimum atomic E-state index is -3.83. The summed E-state index contributed by atoms with van der Waals surface area (Å²) in [5, 5.41) is 9.76. The van der Waals surface area contributed by atoms with Gasteiger partial charge in [0, 0.05) is 18.0 Å². The highest BCUT2D eigenvalue weighted by atomic mass is 32.2. The minimum Gasteiger partial charge on any atom is -0.323 e. The van der Waals surface area contributed by atoms with E-state index in [0.29, 0.717) is 12.1 Å². The van der Waals surface area contributed by atoms with Crippen molar-refractivity contribution in [2.75, 3.05) is 5.32 Å². The number of thiophene rings is 1. The van der Waals surface area contributed by atoms with Gasteiger partial charge in [-0.05, 0) is 48.9 Å². The standard InChI is InChI=1S/C23H23N5O3S2/c1-15(2)28-22-18(12-25-28)10-19(13-24-22)26-23(29)20-11-16-6-3-4-7-17(16)14-27(20)33(30,31)21-8-5-9-32-21/h3-10,12-13,15,20H,11,14H2,1-2H3,(H,26,29)/t20-/m0/s1. The molecule has 33 heavy (non-hydrogen) atoms. The number of sulfonamides is 1. The van der Waals surface area contributed by atoms with Crippen molar-refractivity contribution in [3.05, 3.63) is 71.4 Å². The van der Waals surface area contributed by atoms with Gasteiger partial charge in [0.05, 0.1) is 18.1 Å². The van der Waals surface area contributed by atoms with Crippen molar-refractivity contribution in [3.8, 4) is 0 Å². The Kier molecular flexibility index (Phi) is 5.51. The van der Waals surface area contributed by atoms with Crippen molar-refractivity contribution < 1.29 is 13.2 Å². The Balaban J connectivity index is 1.47. The van der Waals surface area contributed by atoms with E-state index in [-0.39, 0.29) is 22.7 Å². The molecule has 3 aromatic heterocycles. The van der Waals surface area contributed by atoms with Crippen molar-refractivity contribution in [3.63, 3.8) is 0 Å². The van der Waals surface area contributed by atoms with Gasteiger partial charge in [0.15, 0.2) is 5.65 Å². The summed E-state index contributed by atoms with van der Waals surface area (Å²) in [5.74, 6) is -0.387. The molecule has 0 spiro atoms. The van der Waals surface area contributed by atoms with Crippen molar-refractivity contribution in [2.45, 2.75) is 43.1 Å². The number of carbonyl (C=O) groups excluding carboxylic acids is 1. The summed E-state index contributed by atoms with van der Waals surface area (Å²) >= 11 is 1.15. The van der Waals surface area contributed by atoms with Crippen molar-refractivity contribution >= 4 is 44.0 Å². The second-order valence-corrected chi connectivity index (χ2v) is 11.3. The van der Waals surface area contributed by atoms with Crippen LogP contribution >= 0.6 is 11.3 Å². The van der Waals surface area contributed by atoms with E-state index in [2.05, 4.69) is 15.4 Å². The zero-order valence-electron chi connectivity index (χ0n) is 18.2. The molecule has 1 N–H and O–H groups in total. The second kappa shape index (κ2) is 8.36. The Morgan fingerprint density at radius 2 is 1.94 bits per heavy atom. The molecule has 8 nitrogen and oxygen atoms in total. The number of carbonyl (C=O) groups is 1. The van der Waals surface area contributed by atoms with Gasteiger partial charge in [-0.3, -0.25) is 4.79 Å². The van der Waals surface area contributed by atoms with Crippen LogP contribution < -0.4 is 5.32 Å². The molecule has 0 saturated heterocycles. The highest BCUT2D eigenvalue weighted by molar-refractivity contribution is 7.91. The molecular weight excluding hydrogens is 458 g/mol. The maximum absolute atomic E-state index is 13.4. The average molecular weight is 482 g/mol. The predicted molar refractivity (Wildman–Crippen MR) is 128 cm³/mol. The van der Waals surface area contributed by atoms with E-state index in [9.17, 15) is 13.2 Å². The quantitative estimate of drug-likeness (QED) is 0.467. The molecule has 10 heteroatoms. The molecule has 4 heterocycles. The number of hydrogen-bond donors (Lipinski definition) is 1. The number of nitrogens with zero attached hydrogens (tertiary/aromatic N) is 4. The Morgan fingerprint density at radius 3 is 2.67 bits per heavy atom. The van der Waals surface area contributed by atoms with E-state index in [1.807, 2.05) is 42.8 Å². The van der Waals surface area contributed by atoms with Crippen LogP contribution in [0.15, 0.2) is 64.4 Å². The third kappa shape index (κ3) is 3.94. The van der Waals surface area contributed by atoms with E-state index >= 15 is 0 Å². The molecule has 1 aromatic carbocycles. The van der Waals surface area contributed by atoms with E-state index in [1.54, 1.807) is 36.0 Å². The number of nitrogens with one attached hydrogen (secondary N) is 1. The summed E-state index contributed by atoms with van der Waals surface area (Å²) in [7, 11) is -3.83. The van der Waals surface area contributed by atoms with E-state index in [0.717, 1.165) is 33.5 Å². The fourth-order valence-electron chi connectivity index (χ4n) is 4.11. The molecule has 0 aliphatic carbocycles. The lowest BCUT2D eigenvalue weighted by molar-refractivity contribution is -0.120. The molecule has 0 fully saturated rings. The number of hydrogen-bond acceptors (Lipinski definition) is 6. The Morgan fingerprint density at radius 1 is 1.15 bits per heavy atom. The first-order valence-electron chi connectivity index (χ1n) is 10.6. The number of aromatic nitrogens is 3. The Labute approximate surface area is 195 Å². The van der Waals surface area contributed by atoms with Gasteiger partial charge in [-0.15, -0.1) is 11.3 Å². The van der Waals surface area contributed by atoms with Gasteiger partial charge in [-0.2, -0.15) is 9.40 Å². The lowest BCUT2D eigenvalue weighted by atomic mass is 9.95. The van der Waals surface area contributed by atoms with E-state index < -0.39 is 16.1 Å². The minimum absolute atomic E-state index is 0.146. The molecule has 4 aromatic rings. The molecule has 5 rings (SSSR count). The number of anilines is 1. The highest BCUT2D eigenvalue weighted by Gasteiger charge is 2.40. The van der Waals surface area contributed by atoms with E-state index in [4.69, 9.17) is 0 Å². The number of amides is 1. The molecule has 1 aliphatic rings. The number of fused-ring (bicyclic) bond motifs is 2. The third-order valence-electron chi connectivity index (χ3n) is 5.76. The van der Waals surface area contributed by atoms with Crippen LogP contribution in [-0.4, -0.2) is 39.4 Å². The van der Waals surface area contributed by atoms with Gasteiger partial charge >= 0.3 is 0 Å². The smallest absolute Gasteiger partial charge is 0.253 e. The van der Waals surface area contributed by atoms with Crippen LogP contribution in [0.2, 0.25) is 0 Å². The topological polar surface area (TPSA) is 97.2 Å². The monoisotopic (exact) mass is 481 g/mol. The first-order chi connectivity index (χ1) is 15.8.